The van der Waals surface area contributed by atoms with E-state index in [0.717, 1.165) is 23.1 Å². The Bertz CT molecular complexity index is 624. The Hall–Kier alpha value is -1.45. The van der Waals surface area contributed by atoms with Gasteiger partial charge in [-0.05, 0) is 31.7 Å². The summed E-state index contributed by atoms with van der Waals surface area (Å²) in [6.45, 7) is 3.73. The predicted molar refractivity (Wildman–Crippen MR) is 90.6 cm³/mol. The van der Waals surface area contributed by atoms with Gasteiger partial charge in [-0.1, -0.05) is 57.9 Å². The number of hydrogen-bond acceptors (Lipinski definition) is 2. The van der Waals surface area contributed by atoms with Crippen LogP contribution in [0.4, 0.5) is 0 Å². The summed E-state index contributed by atoms with van der Waals surface area (Å²) in [5.41, 5.74) is 3.33. The van der Waals surface area contributed by atoms with Gasteiger partial charge in [0.1, 0.15) is 0 Å². The summed E-state index contributed by atoms with van der Waals surface area (Å²) in [5.74, 6) is 0.187. The first-order valence-corrected chi connectivity index (χ1v) is 7.87. The molecule has 2 aromatic carbocycles. The number of carbonyl (C=O) groups is 1. The van der Waals surface area contributed by atoms with Crippen LogP contribution in [0.2, 0.25) is 0 Å². The molecule has 0 radical (unpaired) electrons. The molecule has 110 valence electrons. The van der Waals surface area contributed by atoms with Crippen LogP contribution in [0.15, 0.2) is 53.0 Å². The summed E-state index contributed by atoms with van der Waals surface area (Å²) >= 11 is 3.40. The number of halogens is 1. The maximum atomic E-state index is 12.2. The third kappa shape index (κ3) is 5.10. The molecule has 0 heterocycles. The minimum Gasteiger partial charge on any atom is -0.302 e. The zero-order valence-electron chi connectivity index (χ0n) is 12.5. The Balaban J connectivity index is 1.86. The molecule has 0 N–H and O–H groups in total. The maximum Gasteiger partial charge on any atom is 0.164 e. The van der Waals surface area contributed by atoms with E-state index >= 15 is 0 Å². The Morgan fingerprint density at radius 2 is 1.90 bits per heavy atom. The number of benzene rings is 2. The molecule has 0 aliphatic heterocycles. The number of hydrogen-bond donors (Lipinski definition) is 0. The normalized spacial score (nSPS) is 10.9. The van der Waals surface area contributed by atoms with E-state index in [0.29, 0.717) is 6.42 Å². The number of carbonyl (C=O) groups excluding carboxylic acids is 1. The van der Waals surface area contributed by atoms with Crippen molar-refractivity contribution in [1.82, 2.24) is 4.90 Å². The summed E-state index contributed by atoms with van der Waals surface area (Å²) in [6, 6.07) is 16.1. The molecule has 0 aliphatic carbocycles. The molecular weight excluding hydrogens is 326 g/mol. The molecule has 0 aromatic heterocycles. The second kappa shape index (κ2) is 7.53. The number of ketones is 1. The fraction of sp³-hybridized carbons (Fsp3) is 0.278. The molecule has 0 fully saturated rings. The highest BCUT2D eigenvalue weighted by atomic mass is 79.9. The van der Waals surface area contributed by atoms with Gasteiger partial charge in [0.25, 0.3) is 0 Å². The number of Topliss-reactive ketones (excluding diaryl/α,β-unsaturated/α-hetero) is 1. The van der Waals surface area contributed by atoms with Gasteiger partial charge in [-0.2, -0.15) is 0 Å². The molecule has 3 heteroatoms. The lowest BCUT2D eigenvalue weighted by molar-refractivity contribution is 0.0968. The Kier molecular flexibility index (Phi) is 5.71. The van der Waals surface area contributed by atoms with E-state index in [1.807, 2.05) is 24.3 Å². The third-order valence-corrected chi connectivity index (χ3v) is 3.90. The van der Waals surface area contributed by atoms with Crippen molar-refractivity contribution in [2.75, 3.05) is 13.6 Å². The quantitative estimate of drug-likeness (QED) is 0.720. The van der Waals surface area contributed by atoms with Crippen LogP contribution in [-0.2, 0) is 6.54 Å². The minimum atomic E-state index is 0.187. The molecule has 0 atom stereocenters. The fourth-order valence-corrected chi connectivity index (χ4v) is 2.70. The first-order chi connectivity index (χ1) is 10.0. The van der Waals surface area contributed by atoms with E-state index in [1.165, 1.54) is 11.1 Å². The second-order valence-electron chi connectivity index (χ2n) is 5.41. The number of nitrogens with zero attached hydrogens (tertiary/aromatic N) is 1. The van der Waals surface area contributed by atoms with E-state index in [1.54, 1.807) is 0 Å². The van der Waals surface area contributed by atoms with Gasteiger partial charge in [0.05, 0.1) is 0 Å². The molecule has 0 saturated carbocycles. The van der Waals surface area contributed by atoms with Crippen LogP contribution in [0.25, 0.3) is 0 Å². The molecule has 2 aromatic rings. The highest BCUT2D eigenvalue weighted by Crippen LogP contribution is 2.13. The van der Waals surface area contributed by atoms with Crippen molar-refractivity contribution in [3.05, 3.63) is 69.7 Å². The van der Waals surface area contributed by atoms with Crippen LogP contribution in [0.1, 0.15) is 27.9 Å². The smallest absolute Gasteiger partial charge is 0.164 e. The summed E-state index contributed by atoms with van der Waals surface area (Å²) < 4.78 is 0.946. The van der Waals surface area contributed by atoms with Gasteiger partial charge in [0.15, 0.2) is 5.78 Å². The van der Waals surface area contributed by atoms with Gasteiger partial charge < -0.3 is 4.90 Å². The maximum absolute atomic E-state index is 12.2. The minimum absolute atomic E-state index is 0.187. The van der Waals surface area contributed by atoms with E-state index in [2.05, 4.69) is 59.1 Å². The highest BCUT2D eigenvalue weighted by molar-refractivity contribution is 9.10. The lowest BCUT2D eigenvalue weighted by Gasteiger charge is -2.16. The SMILES string of the molecule is Cc1cccc(CN(C)CCC(=O)c2cccc(Br)c2)c1. The molecule has 0 unspecified atom stereocenters. The van der Waals surface area contributed by atoms with Gasteiger partial charge in [-0.15, -0.1) is 0 Å². The lowest BCUT2D eigenvalue weighted by Crippen LogP contribution is -2.21. The summed E-state index contributed by atoms with van der Waals surface area (Å²) in [4.78, 5) is 14.3. The molecule has 2 nitrogen and oxygen atoms in total. The lowest BCUT2D eigenvalue weighted by atomic mass is 10.1. The van der Waals surface area contributed by atoms with Gasteiger partial charge in [-0.25, -0.2) is 0 Å². The molecule has 0 amide bonds. The van der Waals surface area contributed by atoms with Crippen LogP contribution in [0.5, 0.6) is 0 Å². The van der Waals surface area contributed by atoms with Crippen molar-refractivity contribution in [3.8, 4) is 0 Å². The topological polar surface area (TPSA) is 20.3 Å². The van der Waals surface area contributed by atoms with Gasteiger partial charge in [0, 0.05) is 29.5 Å². The van der Waals surface area contributed by atoms with Crippen molar-refractivity contribution >= 4 is 21.7 Å². The largest absolute Gasteiger partial charge is 0.302 e. The van der Waals surface area contributed by atoms with Crippen LogP contribution < -0.4 is 0 Å². The zero-order chi connectivity index (χ0) is 15.2. The van der Waals surface area contributed by atoms with Gasteiger partial charge in [-0.3, -0.25) is 4.79 Å². The summed E-state index contributed by atoms with van der Waals surface area (Å²) in [5, 5.41) is 0. The number of rotatable bonds is 6. The Labute approximate surface area is 134 Å². The Morgan fingerprint density at radius 1 is 1.14 bits per heavy atom. The van der Waals surface area contributed by atoms with Crippen LogP contribution in [-0.4, -0.2) is 24.3 Å². The molecule has 0 saturated heterocycles. The Morgan fingerprint density at radius 3 is 2.62 bits per heavy atom. The fourth-order valence-electron chi connectivity index (χ4n) is 2.30. The number of aryl methyl sites for hydroxylation is 1. The standard InChI is InChI=1S/C18H20BrNO/c1-14-5-3-6-15(11-14)13-20(2)10-9-18(21)16-7-4-8-17(19)12-16/h3-8,11-12H,9-10,13H2,1-2H3. The zero-order valence-corrected chi connectivity index (χ0v) is 14.1. The first-order valence-electron chi connectivity index (χ1n) is 7.07. The van der Waals surface area contributed by atoms with Crippen molar-refractivity contribution in [2.24, 2.45) is 0 Å². The van der Waals surface area contributed by atoms with Crippen molar-refractivity contribution in [2.45, 2.75) is 19.9 Å². The van der Waals surface area contributed by atoms with Gasteiger partial charge >= 0.3 is 0 Å². The molecule has 0 spiro atoms. The molecule has 2 rings (SSSR count). The molecule has 21 heavy (non-hydrogen) atoms. The molecular formula is C18H20BrNO. The first kappa shape index (κ1) is 15.9. The van der Waals surface area contributed by atoms with E-state index in [-0.39, 0.29) is 5.78 Å². The monoisotopic (exact) mass is 345 g/mol. The third-order valence-electron chi connectivity index (χ3n) is 3.40. The molecule has 0 bridgehead atoms. The average molecular weight is 346 g/mol. The van der Waals surface area contributed by atoms with Crippen LogP contribution in [0.3, 0.4) is 0 Å². The molecule has 0 aliphatic rings. The summed E-state index contributed by atoms with van der Waals surface area (Å²) in [7, 11) is 2.05. The van der Waals surface area contributed by atoms with Crippen LogP contribution in [0, 0.1) is 6.92 Å². The van der Waals surface area contributed by atoms with E-state index < -0.39 is 0 Å². The van der Waals surface area contributed by atoms with Crippen molar-refractivity contribution in [1.29, 1.82) is 0 Å². The predicted octanol–water partition coefficient (Wildman–Crippen LogP) is 4.46. The average Bonchev–Trinajstić information content (AvgIpc) is 2.45. The van der Waals surface area contributed by atoms with Crippen LogP contribution >= 0.6 is 15.9 Å². The van der Waals surface area contributed by atoms with Crippen molar-refractivity contribution < 1.29 is 4.79 Å². The summed E-state index contributed by atoms with van der Waals surface area (Å²) in [6.07, 6.45) is 0.540. The highest BCUT2D eigenvalue weighted by Gasteiger charge is 2.08. The van der Waals surface area contributed by atoms with Crippen molar-refractivity contribution in [3.63, 3.8) is 0 Å². The van der Waals surface area contributed by atoms with Gasteiger partial charge in [0.2, 0.25) is 0 Å². The second-order valence-corrected chi connectivity index (χ2v) is 6.33. The van der Waals surface area contributed by atoms with E-state index in [9.17, 15) is 4.79 Å². The van der Waals surface area contributed by atoms with E-state index in [4.69, 9.17) is 0 Å².